The van der Waals surface area contributed by atoms with Gasteiger partial charge in [-0.15, -0.1) is 0 Å². The number of phenolic OH excluding ortho intramolecular Hbond substituents is 1. The summed E-state index contributed by atoms with van der Waals surface area (Å²) in [5.74, 6) is -0.904. The molecule has 0 saturated heterocycles. The zero-order valence-electron chi connectivity index (χ0n) is 16.5. The fraction of sp³-hybridized carbons (Fsp3) is 0.318. The summed E-state index contributed by atoms with van der Waals surface area (Å²) in [6.07, 6.45) is 0.695. The van der Waals surface area contributed by atoms with E-state index in [1.165, 1.54) is 10.6 Å². The van der Waals surface area contributed by atoms with Gasteiger partial charge < -0.3 is 24.5 Å². The van der Waals surface area contributed by atoms with Crippen molar-refractivity contribution in [3.63, 3.8) is 0 Å². The molecule has 0 unspecified atom stereocenters. The fourth-order valence-corrected chi connectivity index (χ4v) is 4.56. The summed E-state index contributed by atoms with van der Waals surface area (Å²) in [7, 11) is 0. The first-order chi connectivity index (χ1) is 14.3. The lowest BCUT2D eigenvalue weighted by Gasteiger charge is -2.31. The second-order valence-electron chi connectivity index (χ2n) is 7.76. The van der Waals surface area contributed by atoms with Gasteiger partial charge in [-0.25, -0.2) is 4.79 Å². The third kappa shape index (κ3) is 2.16. The van der Waals surface area contributed by atoms with Gasteiger partial charge >= 0.3 is 5.97 Å². The number of hydrogen-bond acceptors (Lipinski definition) is 6. The lowest BCUT2D eigenvalue weighted by Crippen LogP contribution is -2.44. The molecule has 2 aliphatic rings. The molecule has 0 fully saturated rings. The third-order valence-electron chi connectivity index (χ3n) is 6.32. The lowest BCUT2D eigenvalue weighted by atomic mass is 9.86. The predicted molar refractivity (Wildman–Crippen MR) is 108 cm³/mol. The van der Waals surface area contributed by atoms with Crippen LogP contribution in [0.1, 0.15) is 42.5 Å². The lowest BCUT2D eigenvalue weighted by molar-refractivity contribution is -0.172. The van der Waals surface area contributed by atoms with Crippen molar-refractivity contribution in [2.75, 3.05) is 0 Å². The molecule has 0 saturated carbocycles. The number of hydrogen-bond donors (Lipinski definition) is 3. The molecule has 5 rings (SSSR count). The monoisotopic (exact) mass is 408 g/mol. The van der Waals surface area contributed by atoms with Crippen molar-refractivity contribution < 1.29 is 19.7 Å². The van der Waals surface area contributed by atoms with Crippen molar-refractivity contribution in [3.8, 4) is 17.1 Å². The minimum atomic E-state index is -1.91. The Bertz CT molecular complexity index is 1380. The number of nitrogens with one attached hydrogen (secondary N) is 1. The van der Waals surface area contributed by atoms with Crippen LogP contribution in [0.5, 0.6) is 5.75 Å². The maximum absolute atomic E-state index is 13.2. The van der Waals surface area contributed by atoms with Crippen LogP contribution >= 0.6 is 0 Å². The first kappa shape index (κ1) is 18.6. The molecule has 0 spiro atoms. The van der Waals surface area contributed by atoms with Crippen molar-refractivity contribution in [2.45, 2.75) is 45.4 Å². The van der Waals surface area contributed by atoms with Crippen LogP contribution in [0.15, 0.2) is 27.8 Å². The number of aryl methyl sites for hydroxylation is 1. The quantitative estimate of drug-likeness (QED) is 0.434. The zero-order valence-corrected chi connectivity index (χ0v) is 16.5. The number of esters is 1. The topological polar surface area (TPSA) is 122 Å². The van der Waals surface area contributed by atoms with Crippen LogP contribution in [0.4, 0.5) is 0 Å². The van der Waals surface area contributed by atoms with E-state index in [0.29, 0.717) is 28.9 Å². The Labute approximate surface area is 170 Å². The number of ether oxygens (including phenoxy) is 1. The number of phenols is 1. The Morgan fingerprint density at radius 1 is 1.20 bits per heavy atom. The molecule has 0 amide bonds. The first-order valence-electron chi connectivity index (χ1n) is 9.88. The number of pyridine rings is 2. The highest BCUT2D eigenvalue weighted by atomic mass is 16.6. The summed E-state index contributed by atoms with van der Waals surface area (Å²) in [5, 5.41) is 21.4. The Kier molecular flexibility index (Phi) is 3.76. The number of aromatic hydroxyl groups is 1. The molecule has 3 aromatic rings. The zero-order chi connectivity index (χ0) is 21.4. The molecule has 1 aromatic carbocycles. The maximum atomic E-state index is 13.2. The van der Waals surface area contributed by atoms with Crippen LogP contribution in [0.3, 0.4) is 0 Å². The molecular weight excluding hydrogens is 388 g/mol. The van der Waals surface area contributed by atoms with Crippen molar-refractivity contribution >= 4 is 16.9 Å². The number of aromatic nitrogens is 2. The summed E-state index contributed by atoms with van der Waals surface area (Å²) in [6, 6.07) is 4.85. The number of rotatable bonds is 2. The average Bonchev–Trinajstić information content (AvgIpc) is 3.11. The van der Waals surface area contributed by atoms with Gasteiger partial charge in [-0.1, -0.05) is 19.9 Å². The van der Waals surface area contributed by atoms with Gasteiger partial charge in [0, 0.05) is 11.1 Å². The molecule has 4 heterocycles. The van der Waals surface area contributed by atoms with E-state index in [2.05, 4.69) is 4.98 Å². The van der Waals surface area contributed by atoms with Crippen molar-refractivity contribution in [1.82, 2.24) is 9.55 Å². The van der Waals surface area contributed by atoms with Gasteiger partial charge in [-0.05, 0) is 30.5 Å². The van der Waals surface area contributed by atoms with Crippen molar-refractivity contribution in [3.05, 3.63) is 61.0 Å². The van der Waals surface area contributed by atoms with E-state index in [-0.39, 0.29) is 47.3 Å². The van der Waals surface area contributed by atoms with Crippen LogP contribution in [0.2, 0.25) is 0 Å². The summed E-state index contributed by atoms with van der Waals surface area (Å²) < 4.78 is 6.50. The molecule has 8 heteroatoms. The molecule has 30 heavy (non-hydrogen) atoms. The van der Waals surface area contributed by atoms with Gasteiger partial charge in [-0.3, -0.25) is 9.59 Å². The number of carbonyl (C=O) groups is 1. The molecular formula is C22H20N2O6. The van der Waals surface area contributed by atoms with Gasteiger partial charge in [-0.2, -0.15) is 0 Å². The van der Waals surface area contributed by atoms with Crippen LogP contribution in [-0.4, -0.2) is 25.7 Å². The van der Waals surface area contributed by atoms with Gasteiger partial charge in [0.25, 0.3) is 5.56 Å². The smallest absolute Gasteiger partial charge is 0.343 e. The standard InChI is InChI=1S/C22H20N2O6/c1-3-10-5-6-15(25)16-17(10)23-18-11(19(16)26)8-24-14(18)7-13-12(20(24)27)9-30-21(28)22(13,29)4-2/h5-7,25,29H,3-4,8-9H2,1-2H3,(H,23,26)/t22-/m0/s1. The van der Waals surface area contributed by atoms with Crippen molar-refractivity contribution in [2.24, 2.45) is 0 Å². The average molecular weight is 408 g/mol. The van der Waals surface area contributed by atoms with Crippen LogP contribution in [-0.2, 0) is 34.7 Å². The van der Waals surface area contributed by atoms with E-state index in [9.17, 15) is 24.6 Å². The number of aliphatic hydroxyl groups is 1. The van der Waals surface area contributed by atoms with Gasteiger partial charge in [0.2, 0.25) is 0 Å². The SMILES string of the molecule is CCc1ccc(O)c2c(=O)c3c([nH]c12)-c1cc2c(c(=O)n1C3)COC(=O)[C@]2(O)CC. The Hall–Kier alpha value is -3.39. The molecule has 0 bridgehead atoms. The number of nitrogens with zero attached hydrogens (tertiary/aromatic N) is 1. The summed E-state index contributed by atoms with van der Waals surface area (Å²) in [4.78, 5) is 41.9. The number of benzene rings is 1. The van der Waals surface area contributed by atoms with E-state index >= 15 is 0 Å². The van der Waals surface area contributed by atoms with E-state index in [0.717, 1.165) is 5.56 Å². The second kappa shape index (κ2) is 6.06. The van der Waals surface area contributed by atoms with Gasteiger partial charge in [0.05, 0.1) is 34.4 Å². The predicted octanol–water partition coefficient (Wildman–Crippen LogP) is 1.64. The largest absolute Gasteiger partial charge is 0.507 e. The highest BCUT2D eigenvalue weighted by Gasteiger charge is 2.45. The number of aromatic amines is 1. The fourth-order valence-electron chi connectivity index (χ4n) is 4.56. The molecule has 0 aliphatic carbocycles. The van der Waals surface area contributed by atoms with Gasteiger partial charge in [0.1, 0.15) is 12.4 Å². The normalized spacial score (nSPS) is 19.4. The highest BCUT2D eigenvalue weighted by molar-refractivity contribution is 5.91. The molecule has 154 valence electrons. The van der Waals surface area contributed by atoms with Crippen LogP contribution in [0, 0.1) is 0 Å². The molecule has 0 radical (unpaired) electrons. The minimum Gasteiger partial charge on any atom is -0.507 e. The number of H-pyrrole nitrogens is 1. The number of cyclic esters (lactones) is 1. The Balaban J connectivity index is 1.87. The van der Waals surface area contributed by atoms with E-state index in [4.69, 9.17) is 4.74 Å². The second-order valence-corrected chi connectivity index (χ2v) is 7.76. The Morgan fingerprint density at radius 3 is 2.67 bits per heavy atom. The van der Waals surface area contributed by atoms with E-state index in [1.807, 2.05) is 6.92 Å². The van der Waals surface area contributed by atoms with Crippen LogP contribution in [0.25, 0.3) is 22.3 Å². The van der Waals surface area contributed by atoms with Crippen LogP contribution < -0.4 is 11.0 Å². The molecule has 2 aromatic heterocycles. The third-order valence-corrected chi connectivity index (χ3v) is 6.32. The maximum Gasteiger partial charge on any atom is 0.343 e. The summed E-state index contributed by atoms with van der Waals surface area (Å²) in [5.41, 5.74) is 0.403. The van der Waals surface area contributed by atoms with E-state index in [1.54, 1.807) is 19.1 Å². The summed E-state index contributed by atoms with van der Waals surface area (Å²) in [6.45, 7) is 3.40. The first-order valence-corrected chi connectivity index (χ1v) is 9.88. The molecule has 8 nitrogen and oxygen atoms in total. The van der Waals surface area contributed by atoms with Crippen molar-refractivity contribution in [1.29, 1.82) is 0 Å². The van der Waals surface area contributed by atoms with E-state index < -0.39 is 17.1 Å². The number of carbonyl (C=O) groups excluding carboxylic acids is 1. The molecule has 1 atom stereocenters. The number of fused-ring (bicyclic) bond motifs is 5. The molecule has 3 N–H and O–H groups in total. The summed E-state index contributed by atoms with van der Waals surface area (Å²) >= 11 is 0. The highest BCUT2D eigenvalue weighted by Crippen LogP contribution is 2.38. The van der Waals surface area contributed by atoms with Gasteiger partial charge in [0.15, 0.2) is 11.0 Å². The molecule has 2 aliphatic heterocycles. The minimum absolute atomic E-state index is 0.0380. The Morgan fingerprint density at radius 2 is 1.97 bits per heavy atom.